The Balaban J connectivity index is 2.47. The minimum Gasteiger partial charge on any atom is -0.489 e. The van der Waals surface area contributed by atoms with Crippen molar-refractivity contribution in [1.82, 2.24) is 9.97 Å². The van der Waals surface area contributed by atoms with Gasteiger partial charge in [-0.1, -0.05) is 12.1 Å². The molecular weight excluding hydrogens is 252 g/mol. The summed E-state index contributed by atoms with van der Waals surface area (Å²) in [5.74, 6) is -0.891. The van der Waals surface area contributed by atoms with Crippen LogP contribution in [0.25, 0.3) is 11.0 Å². The average Bonchev–Trinajstić information content (AvgIpc) is 2.81. The number of para-hydroxylation sites is 2. The van der Waals surface area contributed by atoms with E-state index >= 15 is 0 Å². The van der Waals surface area contributed by atoms with Gasteiger partial charge in [0.2, 0.25) is 0 Å². The Kier molecular flexibility index (Phi) is 3.57. The highest BCUT2D eigenvalue weighted by molar-refractivity contribution is 7.80. The predicted molar refractivity (Wildman–Crippen MR) is 70.5 cm³/mol. The minimum absolute atomic E-state index is 0.126. The number of carbonyl (C=O) groups is 1. The fourth-order valence-electron chi connectivity index (χ4n) is 1.66. The predicted octanol–water partition coefficient (Wildman–Crippen LogP) is 1.79. The molecule has 0 amide bonds. The molecule has 0 bridgehead atoms. The van der Waals surface area contributed by atoms with Gasteiger partial charge in [-0.3, -0.25) is 4.79 Å². The van der Waals surface area contributed by atoms with Crippen LogP contribution in [0.15, 0.2) is 24.3 Å². The second kappa shape index (κ2) is 5.14. The van der Waals surface area contributed by atoms with Crippen LogP contribution in [0.1, 0.15) is 11.7 Å². The lowest BCUT2D eigenvalue weighted by Crippen LogP contribution is -2.24. The molecule has 1 unspecified atom stereocenters. The van der Waals surface area contributed by atoms with Crippen LogP contribution in [-0.4, -0.2) is 35.2 Å². The van der Waals surface area contributed by atoms with E-state index in [-0.39, 0.29) is 5.05 Å². The molecule has 1 atom stereocenters. The lowest BCUT2D eigenvalue weighted by atomic mass is 10.1. The van der Waals surface area contributed by atoms with Crippen LogP contribution in [0.5, 0.6) is 0 Å². The molecule has 0 saturated heterocycles. The number of nitrogens with zero attached hydrogens (tertiary/aromatic N) is 1. The van der Waals surface area contributed by atoms with Crippen LogP contribution in [-0.2, 0) is 14.3 Å². The summed E-state index contributed by atoms with van der Waals surface area (Å²) in [5, 5.41) is 0.126. The lowest BCUT2D eigenvalue weighted by Gasteiger charge is -2.11. The van der Waals surface area contributed by atoms with Crippen molar-refractivity contribution in [2.45, 2.75) is 5.92 Å². The molecule has 1 heterocycles. The van der Waals surface area contributed by atoms with Crippen LogP contribution < -0.4 is 0 Å². The van der Waals surface area contributed by atoms with Crippen molar-refractivity contribution in [3.8, 4) is 0 Å². The summed E-state index contributed by atoms with van der Waals surface area (Å²) >= 11 is 5.02. The van der Waals surface area contributed by atoms with Crippen LogP contribution in [0.2, 0.25) is 0 Å². The molecule has 0 radical (unpaired) electrons. The number of hydrogen-bond donors (Lipinski definition) is 1. The van der Waals surface area contributed by atoms with E-state index in [1.807, 2.05) is 24.3 Å². The van der Waals surface area contributed by atoms with E-state index in [0.717, 1.165) is 11.0 Å². The molecule has 1 aromatic heterocycles. The summed E-state index contributed by atoms with van der Waals surface area (Å²) in [6, 6.07) is 7.47. The number of H-pyrrole nitrogens is 1. The number of fused-ring (bicyclic) bond motifs is 1. The summed E-state index contributed by atoms with van der Waals surface area (Å²) in [5.41, 5.74) is 1.60. The molecule has 1 aromatic carbocycles. The van der Waals surface area contributed by atoms with Gasteiger partial charge in [0.1, 0.15) is 5.82 Å². The van der Waals surface area contributed by atoms with E-state index in [2.05, 4.69) is 9.97 Å². The molecule has 94 valence electrons. The molecular formula is C12H12N2O3S. The smallest absolute Gasteiger partial charge is 0.325 e. The van der Waals surface area contributed by atoms with Crippen molar-refractivity contribution in [3.05, 3.63) is 30.1 Å². The minimum atomic E-state index is -0.817. The van der Waals surface area contributed by atoms with E-state index in [0.29, 0.717) is 5.82 Å². The van der Waals surface area contributed by atoms with Crippen LogP contribution >= 0.6 is 12.2 Å². The number of carbonyl (C=O) groups excluding carboxylic acids is 1. The molecule has 2 aromatic rings. The number of methoxy groups -OCH3 is 2. The molecule has 5 nitrogen and oxygen atoms in total. The van der Waals surface area contributed by atoms with Crippen molar-refractivity contribution >= 4 is 34.3 Å². The van der Waals surface area contributed by atoms with Crippen molar-refractivity contribution in [3.63, 3.8) is 0 Å². The number of aromatic amines is 1. The Morgan fingerprint density at radius 1 is 1.33 bits per heavy atom. The van der Waals surface area contributed by atoms with Gasteiger partial charge in [0.05, 0.1) is 25.3 Å². The second-order valence-corrected chi connectivity index (χ2v) is 4.02. The molecule has 0 fully saturated rings. The first-order valence-corrected chi connectivity index (χ1v) is 5.68. The zero-order valence-corrected chi connectivity index (χ0v) is 10.8. The highest BCUT2D eigenvalue weighted by Crippen LogP contribution is 2.20. The number of rotatable bonds is 3. The highest BCUT2D eigenvalue weighted by Gasteiger charge is 2.30. The van der Waals surface area contributed by atoms with Crippen molar-refractivity contribution < 1.29 is 14.3 Å². The summed E-state index contributed by atoms with van der Waals surface area (Å²) in [6.45, 7) is 0. The van der Waals surface area contributed by atoms with Crippen molar-refractivity contribution in [2.24, 2.45) is 0 Å². The van der Waals surface area contributed by atoms with Crippen molar-refractivity contribution in [1.29, 1.82) is 0 Å². The Labute approximate surface area is 109 Å². The fraction of sp³-hybridized carbons (Fsp3) is 0.250. The number of benzene rings is 1. The van der Waals surface area contributed by atoms with Gasteiger partial charge in [-0.2, -0.15) is 0 Å². The molecule has 0 saturated carbocycles. The number of aromatic nitrogens is 2. The first-order valence-electron chi connectivity index (χ1n) is 5.27. The Morgan fingerprint density at radius 2 is 2.06 bits per heavy atom. The van der Waals surface area contributed by atoms with E-state index in [9.17, 15) is 4.79 Å². The number of ether oxygens (including phenoxy) is 2. The summed E-state index contributed by atoms with van der Waals surface area (Å²) < 4.78 is 9.68. The SMILES string of the molecule is COC(=O)C(C(=S)OC)c1nc2ccccc2[nH]1. The maximum atomic E-state index is 11.7. The normalized spacial score (nSPS) is 12.1. The third kappa shape index (κ3) is 2.19. The van der Waals surface area contributed by atoms with Gasteiger partial charge in [0.25, 0.3) is 0 Å². The molecule has 2 rings (SSSR count). The summed E-state index contributed by atoms with van der Waals surface area (Å²) in [4.78, 5) is 19.1. The van der Waals surface area contributed by atoms with Gasteiger partial charge in [-0.25, -0.2) is 4.98 Å². The monoisotopic (exact) mass is 264 g/mol. The van der Waals surface area contributed by atoms with Gasteiger partial charge < -0.3 is 14.5 Å². The molecule has 6 heteroatoms. The Hall–Kier alpha value is -1.95. The zero-order valence-electron chi connectivity index (χ0n) is 9.97. The number of thiocarbonyl (C=S) groups is 1. The first kappa shape index (κ1) is 12.5. The molecule has 0 aliphatic carbocycles. The number of imidazole rings is 1. The highest BCUT2D eigenvalue weighted by atomic mass is 32.1. The summed E-state index contributed by atoms with van der Waals surface area (Å²) in [7, 11) is 2.72. The van der Waals surface area contributed by atoms with Crippen molar-refractivity contribution in [2.75, 3.05) is 14.2 Å². The largest absolute Gasteiger partial charge is 0.489 e. The van der Waals surface area contributed by atoms with Crippen LogP contribution in [0.4, 0.5) is 0 Å². The van der Waals surface area contributed by atoms with Gasteiger partial charge in [-0.15, -0.1) is 0 Å². The lowest BCUT2D eigenvalue weighted by molar-refractivity contribution is -0.141. The molecule has 0 spiro atoms. The zero-order chi connectivity index (χ0) is 13.1. The van der Waals surface area contributed by atoms with E-state index in [1.165, 1.54) is 14.2 Å². The quantitative estimate of drug-likeness (QED) is 0.676. The van der Waals surface area contributed by atoms with Gasteiger partial charge >= 0.3 is 5.97 Å². The standard InChI is InChI=1S/C12H12N2O3S/c1-16-11(15)9(12(18)17-2)10-13-7-5-3-4-6-8(7)14-10/h3-6,9H,1-2H3,(H,13,14). The molecule has 0 aliphatic heterocycles. The number of esters is 1. The van der Waals surface area contributed by atoms with Gasteiger partial charge in [0.15, 0.2) is 11.0 Å². The third-order valence-electron chi connectivity index (χ3n) is 2.55. The molecule has 18 heavy (non-hydrogen) atoms. The molecule has 1 N–H and O–H groups in total. The summed E-state index contributed by atoms with van der Waals surface area (Å²) in [6.07, 6.45) is 0. The molecule has 0 aliphatic rings. The average molecular weight is 264 g/mol. The topological polar surface area (TPSA) is 64.2 Å². The van der Waals surface area contributed by atoms with Crippen LogP contribution in [0, 0.1) is 0 Å². The van der Waals surface area contributed by atoms with E-state index in [4.69, 9.17) is 21.7 Å². The maximum absolute atomic E-state index is 11.7. The van der Waals surface area contributed by atoms with Gasteiger partial charge in [-0.05, 0) is 24.4 Å². The first-order chi connectivity index (χ1) is 8.67. The number of nitrogens with one attached hydrogen (secondary N) is 1. The maximum Gasteiger partial charge on any atom is 0.325 e. The fourth-order valence-corrected chi connectivity index (χ4v) is 1.87. The third-order valence-corrected chi connectivity index (χ3v) is 2.96. The van der Waals surface area contributed by atoms with E-state index in [1.54, 1.807) is 0 Å². The Bertz CT molecular complexity index is 545. The second-order valence-electron chi connectivity index (χ2n) is 3.62. The van der Waals surface area contributed by atoms with Crippen LogP contribution in [0.3, 0.4) is 0 Å². The van der Waals surface area contributed by atoms with Gasteiger partial charge in [0, 0.05) is 0 Å². The number of hydrogen-bond acceptors (Lipinski definition) is 5. The Morgan fingerprint density at radius 3 is 2.67 bits per heavy atom. The van der Waals surface area contributed by atoms with E-state index < -0.39 is 11.9 Å².